The molecule has 1 amide bonds. The molecule has 0 bridgehead atoms. The number of thiophene rings is 1. The SMILES string of the molecule is CC(NC(c1ccc(F)cc1)c1cccs1)C(=O)Nc1cc(F)ccc1F. The number of anilines is 1. The van der Waals surface area contributed by atoms with Crippen molar-refractivity contribution >= 4 is 22.9 Å². The molecule has 1 heterocycles. The molecule has 3 aromatic rings. The van der Waals surface area contributed by atoms with E-state index in [0.717, 1.165) is 28.6 Å². The van der Waals surface area contributed by atoms with E-state index in [1.165, 1.54) is 23.5 Å². The van der Waals surface area contributed by atoms with Gasteiger partial charge < -0.3 is 5.32 Å². The minimum absolute atomic E-state index is 0.219. The Hall–Kier alpha value is -2.64. The Morgan fingerprint density at radius 3 is 2.37 bits per heavy atom. The third kappa shape index (κ3) is 4.75. The zero-order valence-corrected chi connectivity index (χ0v) is 15.2. The molecule has 3 nitrogen and oxygen atoms in total. The molecular weight excluding hydrogens is 373 g/mol. The van der Waals surface area contributed by atoms with Crippen molar-refractivity contribution in [2.24, 2.45) is 0 Å². The van der Waals surface area contributed by atoms with Gasteiger partial charge in [0.2, 0.25) is 5.91 Å². The van der Waals surface area contributed by atoms with Crippen molar-refractivity contribution in [3.05, 3.63) is 87.9 Å². The van der Waals surface area contributed by atoms with Crippen LogP contribution in [0, 0.1) is 17.5 Å². The van der Waals surface area contributed by atoms with E-state index in [-0.39, 0.29) is 17.5 Å². The monoisotopic (exact) mass is 390 g/mol. The summed E-state index contributed by atoms with van der Waals surface area (Å²) in [6.07, 6.45) is 0. The summed E-state index contributed by atoms with van der Waals surface area (Å²) >= 11 is 1.49. The molecule has 2 N–H and O–H groups in total. The average Bonchev–Trinajstić information content (AvgIpc) is 3.18. The lowest BCUT2D eigenvalue weighted by Gasteiger charge is -2.23. The summed E-state index contributed by atoms with van der Waals surface area (Å²) in [7, 11) is 0. The average molecular weight is 390 g/mol. The Bertz CT molecular complexity index is 913. The lowest BCUT2D eigenvalue weighted by Crippen LogP contribution is -2.40. The summed E-state index contributed by atoms with van der Waals surface area (Å²) in [6.45, 7) is 1.62. The van der Waals surface area contributed by atoms with Crippen molar-refractivity contribution in [1.29, 1.82) is 0 Å². The summed E-state index contributed by atoms with van der Waals surface area (Å²) in [4.78, 5) is 13.4. The molecule has 1 aromatic heterocycles. The van der Waals surface area contributed by atoms with Gasteiger partial charge in [-0.1, -0.05) is 18.2 Å². The standard InChI is InChI=1S/C20H17F3N2OS/c1-12(20(26)25-17-11-15(22)8-9-16(17)23)24-19(18-3-2-10-27-18)13-4-6-14(21)7-5-13/h2-12,19,24H,1H3,(H,25,26). The molecule has 2 aromatic carbocycles. The number of nitrogens with one attached hydrogen (secondary N) is 2. The van der Waals surface area contributed by atoms with Crippen molar-refractivity contribution < 1.29 is 18.0 Å². The highest BCUT2D eigenvalue weighted by Gasteiger charge is 2.22. The maximum Gasteiger partial charge on any atom is 0.241 e. The minimum Gasteiger partial charge on any atom is -0.322 e. The molecule has 0 radical (unpaired) electrons. The van der Waals surface area contributed by atoms with Gasteiger partial charge in [-0.2, -0.15) is 0 Å². The van der Waals surface area contributed by atoms with Crippen LogP contribution in [0.25, 0.3) is 0 Å². The summed E-state index contributed by atoms with van der Waals surface area (Å²) < 4.78 is 40.3. The largest absolute Gasteiger partial charge is 0.322 e. The number of hydrogen-bond acceptors (Lipinski definition) is 3. The second kappa shape index (κ2) is 8.37. The highest BCUT2D eigenvalue weighted by Crippen LogP contribution is 2.27. The Kier molecular flexibility index (Phi) is 5.93. The first-order valence-corrected chi connectivity index (χ1v) is 9.13. The fraction of sp³-hybridized carbons (Fsp3) is 0.150. The molecule has 7 heteroatoms. The van der Waals surface area contributed by atoms with Gasteiger partial charge in [-0.15, -0.1) is 11.3 Å². The quantitative estimate of drug-likeness (QED) is 0.630. The summed E-state index contributed by atoms with van der Waals surface area (Å²) in [5, 5.41) is 7.46. The Labute approximate surface area is 158 Å². The van der Waals surface area contributed by atoms with Gasteiger partial charge in [0.05, 0.1) is 17.8 Å². The third-order valence-electron chi connectivity index (χ3n) is 4.03. The fourth-order valence-electron chi connectivity index (χ4n) is 2.61. The van der Waals surface area contributed by atoms with Gasteiger partial charge in [0.25, 0.3) is 0 Å². The van der Waals surface area contributed by atoms with Crippen LogP contribution in [-0.2, 0) is 4.79 Å². The lowest BCUT2D eigenvalue weighted by molar-refractivity contribution is -0.117. The summed E-state index contributed by atoms with van der Waals surface area (Å²) in [5.74, 6) is -2.22. The van der Waals surface area contributed by atoms with E-state index in [1.807, 2.05) is 17.5 Å². The Balaban J connectivity index is 1.77. The molecule has 27 heavy (non-hydrogen) atoms. The van der Waals surface area contributed by atoms with Crippen LogP contribution in [0.2, 0.25) is 0 Å². The van der Waals surface area contributed by atoms with E-state index in [2.05, 4.69) is 10.6 Å². The van der Waals surface area contributed by atoms with Gasteiger partial charge in [0.1, 0.15) is 17.5 Å². The highest BCUT2D eigenvalue weighted by molar-refractivity contribution is 7.10. The third-order valence-corrected chi connectivity index (χ3v) is 4.96. The zero-order valence-electron chi connectivity index (χ0n) is 14.4. The van der Waals surface area contributed by atoms with Crippen LogP contribution in [0.5, 0.6) is 0 Å². The number of amides is 1. The molecule has 2 unspecified atom stereocenters. The topological polar surface area (TPSA) is 41.1 Å². The Morgan fingerprint density at radius 1 is 1.00 bits per heavy atom. The number of carbonyl (C=O) groups excluding carboxylic acids is 1. The first kappa shape index (κ1) is 19.1. The second-order valence-electron chi connectivity index (χ2n) is 6.00. The highest BCUT2D eigenvalue weighted by atomic mass is 32.1. The van der Waals surface area contributed by atoms with Crippen molar-refractivity contribution in [1.82, 2.24) is 5.32 Å². The zero-order chi connectivity index (χ0) is 19.4. The van der Waals surface area contributed by atoms with Gasteiger partial charge in [-0.3, -0.25) is 10.1 Å². The second-order valence-corrected chi connectivity index (χ2v) is 6.98. The van der Waals surface area contributed by atoms with Crippen LogP contribution in [0.1, 0.15) is 23.4 Å². The first-order chi connectivity index (χ1) is 12.9. The van der Waals surface area contributed by atoms with Gasteiger partial charge in [-0.25, -0.2) is 13.2 Å². The maximum absolute atomic E-state index is 13.7. The molecule has 0 saturated carbocycles. The van der Waals surface area contributed by atoms with Crippen LogP contribution in [-0.4, -0.2) is 11.9 Å². The molecule has 0 aliphatic rings. The Morgan fingerprint density at radius 2 is 1.70 bits per heavy atom. The molecule has 2 atom stereocenters. The van der Waals surface area contributed by atoms with Crippen molar-refractivity contribution in [2.45, 2.75) is 19.0 Å². The van der Waals surface area contributed by atoms with Gasteiger partial charge >= 0.3 is 0 Å². The molecule has 0 saturated heterocycles. The normalized spacial score (nSPS) is 13.2. The van der Waals surface area contributed by atoms with Crippen molar-refractivity contribution in [2.75, 3.05) is 5.32 Å². The molecule has 0 fully saturated rings. The minimum atomic E-state index is -0.718. The number of hydrogen-bond donors (Lipinski definition) is 2. The predicted octanol–water partition coefficient (Wildman–Crippen LogP) is 4.87. The van der Waals surface area contributed by atoms with Crippen LogP contribution < -0.4 is 10.6 Å². The smallest absolute Gasteiger partial charge is 0.241 e. The van der Waals surface area contributed by atoms with Crippen LogP contribution >= 0.6 is 11.3 Å². The number of rotatable bonds is 6. The molecule has 0 spiro atoms. The van der Waals surface area contributed by atoms with Gasteiger partial charge in [0.15, 0.2) is 0 Å². The fourth-order valence-corrected chi connectivity index (χ4v) is 3.42. The van der Waals surface area contributed by atoms with Crippen molar-refractivity contribution in [3.8, 4) is 0 Å². The van der Waals surface area contributed by atoms with E-state index in [0.29, 0.717) is 0 Å². The van der Waals surface area contributed by atoms with Gasteiger partial charge in [0, 0.05) is 10.9 Å². The molecule has 0 aliphatic heterocycles. The lowest BCUT2D eigenvalue weighted by atomic mass is 10.0. The summed E-state index contributed by atoms with van der Waals surface area (Å²) in [6, 6.07) is 11.6. The van der Waals surface area contributed by atoms with Crippen LogP contribution in [0.3, 0.4) is 0 Å². The first-order valence-electron chi connectivity index (χ1n) is 8.25. The maximum atomic E-state index is 13.7. The molecule has 0 aliphatic carbocycles. The number of carbonyl (C=O) groups is 1. The van der Waals surface area contributed by atoms with E-state index < -0.39 is 23.6 Å². The van der Waals surface area contributed by atoms with E-state index in [1.54, 1.807) is 19.1 Å². The van der Waals surface area contributed by atoms with E-state index in [4.69, 9.17) is 0 Å². The van der Waals surface area contributed by atoms with Crippen molar-refractivity contribution in [3.63, 3.8) is 0 Å². The molecule has 3 rings (SSSR count). The van der Waals surface area contributed by atoms with Crippen LogP contribution in [0.15, 0.2) is 60.0 Å². The summed E-state index contributed by atoms with van der Waals surface area (Å²) in [5.41, 5.74) is 0.568. The number of benzene rings is 2. The number of halogens is 3. The van der Waals surface area contributed by atoms with E-state index >= 15 is 0 Å². The van der Waals surface area contributed by atoms with E-state index in [9.17, 15) is 18.0 Å². The van der Waals surface area contributed by atoms with Gasteiger partial charge in [-0.05, 0) is 48.2 Å². The molecular formula is C20H17F3N2OS. The predicted molar refractivity (Wildman–Crippen MR) is 100 cm³/mol. The molecule has 140 valence electrons. The van der Waals surface area contributed by atoms with Crippen LogP contribution in [0.4, 0.5) is 18.9 Å².